The molecule has 0 saturated carbocycles. The predicted octanol–water partition coefficient (Wildman–Crippen LogP) is 5.25. The molecule has 0 aliphatic carbocycles. The molecule has 3 aliphatic rings. The molecule has 1 amide bonds. The van der Waals surface area contributed by atoms with Gasteiger partial charge in [-0.3, -0.25) is 4.79 Å². The number of benzene rings is 2. The zero-order chi connectivity index (χ0) is 31.0. The van der Waals surface area contributed by atoms with Crippen molar-refractivity contribution in [3.8, 4) is 12.1 Å². The van der Waals surface area contributed by atoms with E-state index in [1.165, 1.54) is 18.7 Å². The van der Waals surface area contributed by atoms with Gasteiger partial charge in [0.25, 0.3) is 5.91 Å². The van der Waals surface area contributed by atoms with Crippen LogP contribution in [0, 0.1) is 11.3 Å². The fourth-order valence-corrected chi connectivity index (χ4v) is 6.94. The van der Waals surface area contributed by atoms with Crippen molar-refractivity contribution in [1.82, 2.24) is 19.8 Å². The van der Waals surface area contributed by atoms with Crippen LogP contribution in [0.15, 0.2) is 36.4 Å². The van der Waals surface area contributed by atoms with E-state index in [0.717, 1.165) is 47.0 Å². The molecule has 4 heterocycles. The molecule has 2 aromatic carbocycles. The Morgan fingerprint density at radius 1 is 1.18 bits per heavy atom. The number of nitrogens with zero attached hydrogens (tertiary/aromatic N) is 6. The number of nitriles is 1. The second kappa shape index (κ2) is 12.5. The van der Waals surface area contributed by atoms with E-state index in [-0.39, 0.29) is 25.7 Å². The maximum Gasteiger partial charge on any atom is 0.318 e. The van der Waals surface area contributed by atoms with Crippen molar-refractivity contribution >= 4 is 34.1 Å². The van der Waals surface area contributed by atoms with Crippen LogP contribution in [-0.2, 0) is 22.6 Å². The summed E-state index contributed by atoms with van der Waals surface area (Å²) in [5.41, 5.74) is 0.680. The average Bonchev–Trinajstić information content (AvgIpc) is 3.43. The topological polar surface area (TPSA) is 94.8 Å². The fourth-order valence-electron chi connectivity index (χ4n) is 6.64. The Morgan fingerprint density at radius 2 is 1.98 bits per heavy atom. The minimum absolute atomic E-state index is 0.0867. The number of carbonyl (C=O) groups is 1. The first-order chi connectivity index (χ1) is 21.1. The second-order valence-corrected chi connectivity index (χ2v) is 12.9. The van der Waals surface area contributed by atoms with Crippen molar-refractivity contribution in [2.45, 2.75) is 70.0 Å². The van der Waals surface area contributed by atoms with Crippen LogP contribution in [-0.4, -0.2) is 83.3 Å². The molecule has 3 aliphatic heterocycles. The van der Waals surface area contributed by atoms with E-state index in [2.05, 4.69) is 22.9 Å². The number of alkyl halides is 1. The molecule has 3 aromatic rings. The molecule has 0 bridgehead atoms. The number of anilines is 1. The average molecular weight is 621 g/mol. The van der Waals surface area contributed by atoms with Gasteiger partial charge in [-0.2, -0.15) is 15.2 Å². The number of likely N-dealkylation sites (tertiary alicyclic amines) is 1. The largest absolute Gasteiger partial charge is 0.462 e. The van der Waals surface area contributed by atoms with E-state index >= 15 is 0 Å². The molecule has 0 N–H and O–H groups in total. The zero-order valence-electron chi connectivity index (χ0n) is 25.4. The number of aromatic nitrogens is 2. The lowest BCUT2D eigenvalue weighted by atomic mass is 9.94. The molecule has 0 radical (unpaired) electrons. The maximum absolute atomic E-state index is 14.7. The first kappa shape index (κ1) is 30.5. The van der Waals surface area contributed by atoms with E-state index in [4.69, 9.17) is 31.0 Å². The quantitative estimate of drug-likeness (QED) is 0.354. The van der Waals surface area contributed by atoms with E-state index in [9.17, 15) is 14.4 Å². The lowest BCUT2D eigenvalue weighted by Crippen LogP contribution is -2.58. The van der Waals surface area contributed by atoms with Gasteiger partial charge in [0.05, 0.1) is 36.9 Å². The Bertz CT molecular complexity index is 1580. The van der Waals surface area contributed by atoms with Gasteiger partial charge in [-0.15, -0.1) is 0 Å². The number of ether oxygens (including phenoxy) is 2. The summed E-state index contributed by atoms with van der Waals surface area (Å²) >= 11 is 6.66. The smallest absolute Gasteiger partial charge is 0.318 e. The van der Waals surface area contributed by atoms with Crippen LogP contribution in [0.1, 0.15) is 56.0 Å². The van der Waals surface area contributed by atoms with Crippen molar-refractivity contribution < 1.29 is 18.7 Å². The minimum atomic E-state index is -2.02. The van der Waals surface area contributed by atoms with Crippen LogP contribution in [0.5, 0.6) is 6.01 Å². The van der Waals surface area contributed by atoms with Gasteiger partial charge in [0.2, 0.25) is 0 Å². The van der Waals surface area contributed by atoms with E-state index in [1.54, 1.807) is 0 Å². The maximum atomic E-state index is 14.7. The summed E-state index contributed by atoms with van der Waals surface area (Å²) in [6.07, 6.45) is 2.51. The lowest BCUT2D eigenvalue weighted by Gasteiger charge is -2.43. The van der Waals surface area contributed by atoms with Crippen molar-refractivity contribution in [3.05, 3.63) is 58.2 Å². The van der Waals surface area contributed by atoms with Crippen molar-refractivity contribution in [2.75, 3.05) is 44.7 Å². The van der Waals surface area contributed by atoms with E-state index in [1.807, 2.05) is 36.4 Å². The summed E-state index contributed by atoms with van der Waals surface area (Å²) in [6.45, 7) is 5.36. The lowest BCUT2D eigenvalue weighted by molar-refractivity contribution is -0.144. The molecule has 3 atom stereocenters. The number of hydrogen-bond donors (Lipinski definition) is 0. The highest BCUT2D eigenvalue weighted by Gasteiger charge is 2.40. The molecule has 6 rings (SSSR count). The van der Waals surface area contributed by atoms with Crippen molar-refractivity contribution in [1.29, 1.82) is 5.26 Å². The minimum Gasteiger partial charge on any atom is -0.462 e. The number of halogens is 2. The Hall–Kier alpha value is -3.52. The molecular weight excluding hydrogens is 583 g/mol. The normalized spacial score (nSPS) is 22.6. The molecule has 2 saturated heterocycles. The third-order valence-corrected chi connectivity index (χ3v) is 9.36. The molecular formula is C33H38ClFN6O3. The molecule has 44 heavy (non-hydrogen) atoms. The summed E-state index contributed by atoms with van der Waals surface area (Å²) in [7, 11) is 2.10. The number of carbonyl (C=O) groups excluding carboxylic acids is 1. The summed E-state index contributed by atoms with van der Waals surface area (Å²) in [5, 5.41) is 12.3. The first-order valence-corrected chi connectivity index (χ1v) is 15.6. The van der Waals surface area contributed by atoms with Crippen LogP contribution in [0.25, 0.3) is 10.8 Å². The fraction of sp³-hybridized carbons (Fsp3) is 0.515. The molecule has 1 aromatic heterocycles. The Labute approximate surface area is 262 Å². The van der Waals surface area contributed by atoms with Crippen molar-refractivity contribution in [3.63, 3.8) is 0 Å². The number of likely N-dealkylation sites (N-methyl/N-ethyl adjacent to an activating group) is 1. The number of rotatable bonds is 7. The molecule has 2 fully saturated rings. The van der Waals surface area contributed by atoms with Gasteiger partial charge in [0.15, 0.2) is 5.67 Å². The van der Waals surface area contributed by atoms with Crippen LogP contribution in [0.4, 0.5) is 10.2 Å². The number of fused-ring (bicyclic) bond motifs is 2. The number of hydrogen-bond acceptors (Lipinski definition) is 8. The molecule has 0 unspecified atom stereocenters. The summed E-state index contributed by atoms with van der Waals surface area (Å²) < 4.78 is 27.4. The van der Waals surface area contributed by atoms with Gasteiger partial charge in [-0.25, -0.2) is 4.39 Å². The Balaban J connectivity index is 1.33. The van der Waals surface area contributed by atoms with Gasteiger partial charge >= 0.3 is 6.01 Å². The van der Waals surface area contributed by atoms with Gasteiger partial charge < -0.3 is 24.2 Å². The van der Waals surface area contributed by atoms with Crippen LogP contribution in [0.3, 0.4) is 0 Å². The highest BCUT2D eigenvalue weighted by Crippen LogP contribution is 2.39. The van der Waals surface area contributed by atoms with Gasteiger partial charge in [-0.05, 0) is 57.3 Å². The standard InChI is InChI=1S/C33H38ClFN6O3/c1-33(2,35)31(42)41-16-15-40(18-22(41)12-13-36)30-25-20-43-28(24-10-4-7-21-8-5-11-26(34)29(21)24)17-27(25)37-32(38-30)44-19-23-9-6-14-39(23)3/h4-5,7-8,10-11,22-23,28H,6,9,12,14-20H2,1-3H3/t22-,23-,28-/m0/s1. The van der Waals surface area contributed by atoms with Crippen LogP contribution >= 0.6 is 11.6 Å². The Kier molecular flexibility index (Phi) is 8.64. The molecule has 232 valence electrons. The highest BCUT2D eigenvalue weighted by molar-refractivity contribution is 6.35. The SMILES string of the molecule is CN1CCC[C@H]1COc1nc2c(c(N3CCN(C(=O)C(C)(C)F)[C@@H](CC#N)C3)n1)CO[C@H](c1cccc3cccc(Cl)c13)C2. The molecule has 0 spiro atoms. The van der Waals surface area contributed by atoms with E-state index < -0.39 is 17.6 Å². The summed E-state index contributed by atoms with van der Waals surface area (Å²) in [4.78, 5) is 28.5. The Morgan fingerprint density at radius 3 is 2.70 bits per heavy atom. The monoisotopic (exact) mass is 620 g/mol. The third-order valence-electron chi connectivity index (χ3n) is 9.05. The summed E-state index contributed by atoms with van der Waals surface area (Å²) in [6, 6.07) is 14.3. The zero-order valence-corrected chi connectivity index (χ0v) is 26.2. The molecule has 11 heteroatoms. The van der Waals surface area contributed by atoms with Crippen LogP contribution < -0.4 is 9.64 Å². The highest BCUT2D eigenvalue weighted by atomic mass is 35.5. The second-order valence-electron chi connectivity index (χ2n) is 12.5. The predicted molar refractivity (Wildman–Crippen MR) is 167 cm³/mol. The number of amides is 1. The van der Waals surface area contributed by atoms with Gasteiger partial charge in [-0.1, -0.05) is 41.9 Å². The first-order valence-electron chi connectivity index (χ1n) is 15.3. The molecule has 9 nitrogen and oxygen atoms in total. The summed E-state index contributed by atoms with van der Waals surface area (Å²) in [5.74, 6) is 0.0699. The third kappa shape index (κ3) is 6.06. The van der Waals surface area contributed by atoms with E-state index in [0.29, 0.717) is 49.0 Å². The van der Waals surface area contributed by atoms with Gasteiger partial charge in [0, 0.05) is 48.1 Å². The number of piperazine rings is 1. The van der Waals surface area contributed by atoms with Crippen LogP contribution in [0.2, 0.25) is 5.02 Å². The van der Waals surface area contributed by atoms with Crippen molar-refractivity contribution in [2.24, 2.45) is 0 Å². The van der Waals surface area contributed by atoms with Gasteiger partial charge in [0.1, 0.15) is 12.4 Å².